The molecule has 0 spiro atoms. The van der Waals surface area contributed by atoms with Crippen molar-refractivity contribution in [2.24, 2.45) is 0 Å². The molecular weight excluding hydrogens is 218 g/mol. The number of carbonyl (C=O) groups excluding carboxylic acids is 1. The third-order valence-corrected chi connectivity index (χ3v) is 2.68. The molecule has 0 aliphatic heterocycles. The van der Waals surface area contributed by atoms with Crippen molar-refractivity contribution in [2.75, 3.05) is 14.2 Å². The highest BCUT2D eigenvalue weighted by Gasteiger charge is 2.24. The molecule has 0 aliphatic rings. The van der Waals surface area contributed by atoms with Crippen LogP contribution in [-0.4, -0.2) is 30.6 Å². The van der Waals surface area contributed by atoms with Crippen LogP contribution in [0.1, 0.15) is 19.4 Å². The zero-order valence-corrected chi connectivity index (χ0v) is 10.7. The Bertz CT molecular complexity index is 391. The summed E-state index contributed by atoms with van der Waals surface area (Å²) >= 11 is 0. The maximum Gasteiger partial charge on any atom is 0.239 e. The van der Waals surface area contributed by atoms with Crippen LogP contribution in [0.3, 0.4) is 0 Å². The van der Waals surface area contributed by atoms with Gasteiger partial charge in [-0.25, -0.2) is 4.98 Å². The lowest BCUT2D eigenvalue weighted by molar-refractivity contribution is -0.126. The lowest BCUT2D eigenvalue weighted by Gasteiger charge is -2.22. The summed E-state index contributed by atoms with van der Waals surface area (Å²) in [5, 5.41) is 5.79. The molecule has 94 valence electrons. The number of pyridine rings is 1. The second kappa shape index (κ2) is 5.63. The summed E-state index contributed by atoms with van der Waals surface area (Å²) < 4.78 is 5.11. The Hall–Kier alpha value is -1.62. The fourth-order valence-corrected chi connectivity index (χ4v) is 1.25. The van der Waals surface area contributed by atoms with Gasteiger partial charge in [-0.05, 0) is 27.0 Å². The van der Waals surface area contributed by atoms with E-state index < -0.39 is 5.54 Å². The number of nitrogens with one attached hydrogen (secondary N) is 2. The van der Waals surface area contributed by atoms with E-state index in [1.807, 2.05) is 26.0 Å². The third kappa shape index (κ3) is 3.42. The van der Waals surface area contributed by atoms with Crippen molar-refractivity contribution in [1.82, 2.24) is 15.6 Å². The van der Waals surface area contributed by atoms with Crippen LogP contribution in [-0.2, 0) is 11.3 Å². The predicted octanol–water partition coefficient (Wildman–Crippen LogP) is 0.704. The smallest absolute Gasteiger partial charge is 0.239 e. The molecule has 2 N–H and O–H groups in total. The molecule has 5 heteroatoms. The van der Waals surface area contributed by atoms with Crippen LogP contribution in [0.2, 0.25) is 0 Å². The van der Waals surface area contributed by atoms with E-state index in [2.05, 4.69) is 15.6 Å². The SMILES string of the molecule is CNC(C)(C)C(=O)NCc1cccnc1OC. The van der Waals surface area contributed by atoms with Crippen LogP contribution in [0.5, 0.6) is 5.88 Å². The zero-order valence-electron chi connectivity index (χ0n) is 10.7. The van der Waals surface area contributed by atoms with Gasteiger partial charge in [0.15, 0.2) is 0 Å². The first-order chi connectivity index (χ1) is 8.01. The molecule has 1 aromatic rings. The van der Waals surface area contributed by atoms with Crippen LogP contribution >= 0.6 is 0 Å². The molecule has 0 bridgehead atoms. The van der Waals surface area contributed by atoms with Gasteiger partial charge in [-0.1, -0.05) is 6.07 Å². The van der Waals surface area contributed by atoms with Crippen LogP contribution in [0.4, 0.5) is 0 Å². The molecule has 17 heavy (non-hydrogen) atoms. The topological polar surface area (TPSA) is 63.2 Å². The summed E-state index contributed by atoms with van der Waals surface area (Å²) in [5.74, 6) is 0.473. The molecule has 0 radical (unpaired) electrons. The van der Waals surface area contributed by atoms with E-state index in [1.165, 1.54) is 0 Å². The number of hydrogen-bond acceptors (Lipinski definition) is 4. The van der Waals surface area contributed by atoms with Crippen molar-refractivity contribution < 1.29 is 9.53 Å². The minimum absolute atomic E-state index is 0.0640. The van der Waals surface area contributed by atoms with Gasteiger partial charge in [0.05, 0.1) is 12.6 Å². The van der Waals surface area contributed by atoms with E-state index in [1.54, 1.807) is 20.4 Å². The number of aromatic nitrogens is 1. The van der Waals surface area contributed by atoms with Crippen LogP contribution in [0.25, 0.3) is 0 Å². The predicted molar refractivity (Wildman–Crippen MR) is 65.8 cm³/mol. The summed E-state index contributed by atoms with van der Waals surface area (Å²) in [4.78, 5) is 15.9. The molecule has 1 rings (SSSR count). The molecule has 5 nitrogen and oxygen atoms in total. The summed E-state index contributed by atoms with van der Waals surface area (Å²) in [6.07, 6.45) is 1.65. The quantitative estimate of drug-likeness (QED) is 0.791. The van der Waals surface area contributed by atoms with Gasteiger partial charge >= 0.3 is 0 Å². The van der Waals surface area contributed by atoms with Crippen molar-refractivity contribution in [3.05, 3.63) is 23.9 Å². The van der Waals surface area contributed by atoms with E-state index in [9.17, 15) is 4.79 Å². The van der Waals surface area contributed by atoms with Gasteiger partial charge in [0.1, 0.15) is 0 Å². The number of ether oxygens (including phenoxy) is 1. The Labute approximate surface area is 102 Å². The molecule has 1 heterocycles. The maximum atomic E-state index is 11.8. The fraction of sp³-hybridized carbons (Fsp3) is 0.500. The number of likely N-dealkylation sites (N-methyl/N-ethyl adjacent to an activating group) is 1. The first kappa shape index (κ1) is 13.4. The Kier molecular flexibility index (Phi) is 4.45. The molecule has 0 saturated carbocycles. The van der Waals surface area contributed by atoms with Gasteiger partial charge in [0, 0.05) is 18.3 Å². The molecule has 0 fully saturated rings. The van der Waals surface area contributed by atoms with Crippen LogP contribution in [0.15, 0.2) is 18.3 Å². The number of amides is 1. The second-order valence-corrected chi connectivity index (χ2v) is 4.23. The minimum atomic E-state index is -0.588. The highest BCUT2D eigenvalue weighted by molar-refractivity contribution is 5.85. The number of nitrogens with zero attached hydrogens (tertiary/aromatic N) is 1. The zero-order chi connectivity index (χ0) is 12.9. The Balaban J connectivity index is 2.65. The van der Waals surface area contributed by atoms with Gasteiger partial charge in [0.25, 0.3) is 0 Å². The number of rotatable bonds is 5. The van der Waals surface area contributed by atoms with Gasteiger partial charge < -0.3 is 15.4 Å². The summed E-state index contributed by atoms with van der Waals surface area (Å²) in [5.41, 5.74) is 0.269. The molecule has 0 aromatic carbocycles. The van der Waals surface area contributed by atoms with Crippen molar-refractivity contribution in [3.8, 4) is 5.88 Å². The van der Waals surface area contributed by atoms with Crippen LogP contribution in [0, 0.1) is 0 Å². The molecule has 1 aromatic heterocycles. The number of hydrogen-bond donors (Lipinski definition) is 2. The van der Waals surface area contributed by atoms with Gasteiger partial charge in [-0.15, -0.1) is 0 Å². The standard InChI is InChI=1S/C12H19N3O2/c1-12(2,13-3)11(16)15-8-9-6-5-7-14-10(9)17-4/h5-7,13H,8H2,1-4H3,(H,15,16). The molecule has 0 atom stereocenters. The fourth-order valence-electron chi connectivity index (χ4n) is 1.25. The molecule has 0 aliphatic carbocycles. The van der Waals surface area contributed by atoms with Crippen molar-refractivity contribution in [2.45, 2.75) is 25.9 Å². The van der Waals surface area contributed by atoms with Gasteiger partial charge in [-0.3, -0.25) is 4.79 Å². The highest BCUT2D eigenvalue weighted by atomic mass is 16.5. The first-order valence-corrected chi connectivity index (χ1v) is 5.46. The van der Waals surface area contributed by atoms with E-state index in [4.69, 9.17) is 4.74 Å². The Morgan fingerprint density at radius 2 is 2.24 bits per heavy atom. The van der Waals surface area contributed by atoms with E-state index in [0.717, 1.165) is 5.56 Å². The maximum absolute atomic E-state index is 11.8. The normalized spacial score (nSPS) is 11.1. The van der Waals surface area contributed by atoms with E-state index >= 15 is 0 Å². The van der Waals surface area contributed by atoms with E-state index in [0.29, 0.717) is 12.4 Å². The monoisotopic (exact) mass is 237 g/mol. The molecule has 1 amide bonds. The first-order valence-electron chi connectivity index (χ1n) is 5.46. The van der Waals surface area contributed by atoms with E-state index in [-0.39, 0.29) is 5.91 Å². The number of carbonyl (C=O) groups is 1. The van der Waals surface area contributed by atoms with Crippen molar-refractivity contribution in [3.63, 3.8) is 0 Å². The molecule has 0 saturated heterocycles. The minimum Gasteiger partial charge on any atom is -0.481 e. The molecular formula is C12H19N3O2. The Morgan fingerprint density at radius 3 is 2.82 bits per heavy atom. The van der Waals surface area contributed by atoms with Gasteiger partial charge in [0.2, 0.25) is 11.8 Å². The second-order valence-electron chi connectivity index (χ2n) is 4.23. The lowest BCUT2D eigenvalue weighted by Crippen LogP contribution is -2.50. The van der Waals surface area contributed by atoms with Crippen molar-refractivity contribution in [1.29, 1.82) is 0 Å². The Morgan fingerprint density at radius 1 is 1.53 bits per heavy atom. The lowest BCUT2D eigenvalue weighted by atomic mass is 10.1. The largest absolute Gasteiger partial charge is 0.481 e. The molecule has 0 unspecified atom stereocenters. The average molecular weight is 237 g/mol. The van der Waals surface area contributed by atoms with Crippen LogP contribution < -0.4 is 15.4 Å². The highest BCUT2D eigenvalue weighted by Crippen LogP contribution is 2.13. The van der Waals surface area contributed by atoms with Gasteiger partial charge in [-0.2, -0.15) is 0 Å². The summed E-state index contributed by atoms with van der Waals surface area (Å²) in [6, 6.07) is 3.69. The summed E-state index contributed by atoms with van der Waals surface area (Å²) in [6.45, 7) is 4.05. The third-order valence-electron chi connectivity index (χ3n) is 2.68. The van der Waals surface area contributed by atoms with Crippen molar-refractivity contribution >= 4 is 5.91 Å². The summed E-state index contributed by atoms with van der Waals surface area (Å²) in [7, 11) is 3.31. The average Bonchev–Trinajstić information content (AvgIpc) is 2.36. The number of methoxy groups -OCH3 is 1.